The number of hydrogen-bond donors (Lipinski definition) is 2. The van der Waals surface area contributed by atoms with Crippen molar-refractivity contribution < 1.29 is 0 Å². The third kappa shape index (κ3) is 4.79. The van der Waals surface area contributed by atoms with E-state index in [0.717, 1.165) is 19.0 Å². The van der Waals surface area contributed by atoms with Gasteiger partial charge in [0, 0.05) is 13.1 Å². The van der Waals surface area contributed by atoms with Crippen molar-refractivity contribution in [2.24, 2.45) is 9.98 Å². The molecule has 1 unspecified atom stereocenters. The molecule has 0 spiro atoms. The van der Waals surface area contributed by atoms with Gasteiger partial charge in [-0.05, 0) is 12.8 Å². The lowest BCUT2D eigenvalue weighted by Gasteiger charge is -2.28. The van der Waals surface area contributed by atoms with Crippen LogP contribution in [-0.2, 0) is 0 Å². The van der Waals surface area contributed by atoms with Crippen LogP contribution in [0.3, 0.4) is 0 Å². The van der Waals surface area contributed by atoms with Crippen molar-refractivity contribution in [3.63, 3.8) is 0 Å². The largest absolute Gasteiger partial charge is 0.341 e. The Morgan fingerprint density at radius 2 is 1.88 bits per heavy atom. The first-order valence-corrected chi connectivity index (χ1v) is 7.12. The molecular formula is C11H22N4S2. The van der Waals surface area contributed by atoms with Crippen molar-refractivity contribution in [3.8, 4) is 0 Å². The lowest BCUT2D eigenvalue weighted by atomic mass is 10.3. The van der Waals surface area contributed by atoms with E-state index in [4.69, 9.17) is 0 Å². The van der Waals surface area contributed by atoms with E-state index in [2.05, 4.69) is 54.2 Å². The summed E-state index contributed by atoms with van der Waals surface area (Å²) < 4.78 is 1.59. The monoisotopic (exact) mass is 274 g/mol. The van der Waals surface area contributed by atoms with Crippen molar-refractivity contribution in [2.45, 2.75) is 45.0 Å². The second kappa shape index (κ2) is 7.87. The average molecular weight is 274 g/mol. The predicted molar refractivity (Wildman–Crippen MR) is 80.9 cm³/mol. The Morgan fingerprint density at radius 3 is 2.35 bits per heavy atom. The minimum absolute atomic E-state index is 0.239. The maximum atomic E-state index is 4.43. The van der Waals surface area contributed by atoms with E-state index < -0.39 is 0 Å². The lowest BCUT2D eigenvalue weighted by Crippen LogP contribution is -2.37. The number of hydrogen-bond acceptors (Lipinski definition) is 6. The van der Waals surface area contributed by atoms with Crippen LogP contribution in [0.15, 0.2) is 9.98 Å². The van der Waals surface area contributed by atoms with Gasteiger partial charge in [0.25, 0.3) is 0 Å². The highest BCUT2D eigenvalue weighted by Gasteiger charge is 2.17. The smallest absolute Gasteiger partial charge is 0.224 e. The Balaban J connectivity index is 2.62. The van der Waals surface area contributed by atoms with E-state index in [9.17, 15) is 0 Å². The molecule has 1 atom stereocenters. The first kappa shape index (κ1) is 14.7. The normalized spacial score (nSPS) is 19.4. The Labute approximate surface area is 115 Å². The summed E-state index contributed by atoms with van der Waals surface area (Å²) in [6.07, 6.45) is 6.37. The number of rotatable bonds is 6. The highest BCUT2D eigenvalue weighted by molar-refractivity contribution is 7.83. The van der Waals surface area contributed by atoms with Crippen molar-refractivity contribution in [1.29, 1.82) is 0 Å². The summed E-state index contributed by atoms with van der Waals surface area (Å²) in [5.74, 6) is 0.789. The van der Waals surface area contributed by atoms with E-state index in [1.165, 1.54) is 25.7 Å². The molecule has 4 nitrogen and oxygen atoms in total. The van der Waals surface area contributed by atoms with Gasteiger partial charge in [0.15, 0.2) is 5.50 Å². The molecule has 0 radical (unpaired) electrons. The second-order valence-electron chi connectivity index (χ2n) is 4.09. The standard InChI is InChI=1S/C11H22N4S2/c1-3-5-7-14(8-6-4-2)10-12-9-15(17)11(16)13-10/h9,11,16-17H,3-8H2,1-2H3. The summed E-state index contributed by atoms with van der Waals surface area (Å²) in [6, 6.07) is 0. The van der Waals surface area contributed by atoms with Gasteiger partial charge in [-0.15, -0.1) is 12.6 Å². The van der Waals surface area contributed by atoms with Gasteiger partial charge in [-0.3, -0.25) is 4.31 Å². The van der Waals surface area contributed by atoms with Gasteiger partial charge in [0.2, 0.25) is 5.96 Å². The summed E-state index contributed by atoms with van der Waals surface area (Å²) in [6.45, 7) is 6.42. The summed E-state index contributed by atoms with van der Waals surface area (Å²) >= 11 is 8.52. The molecule has 0 saturated carbocycles. The fourth-order valence-corrected chi connectivity index (χ4v) is 1.81. The zero-order valence-corrected chi connectivity index (χ0v) is 12.4. The van der Waals surface area contributed by atoms with E-state index >= 15 is 0 Å². The van der Waals surface area contributed by atoms with Crippen LogP contribution in [0.5, 0.6) is 0 Å². The molecule has 1 aliphatic rings. The predicted octanol–water partition coefficient (Wildman–Crippen LogP) is 2.65. The maximum Gasteiger partial charge on any atom is 0.224 e. The molecule has 0 aromatic rings. The van der Waals surface area contributed by atoms with E-state index in [-0.39, 0.29) is 5.50 Å². The highest BCUT2D eigenvalue weighted by atomic mass is 32.1. The van der Waals surface area contributed by atoms with Crippen molar-refractivity contribution in [2.75, 3.05) is 13.1 Å². The van der Waals surface area contributed by atoms with Gasteiger partial charge in [-0.1, -0.05) is 39.5 Å². The highest BCUT2D eigenvalue weighted by Crippen LogP contribution is 2.13. The fraction of sp³-hybridized carbons (Fsp3) is 0.818. The van der Waals surface area contributed by atoms with Gasteiger partial charge in [0.05, 0.1) is 0 Å². The Morgan fingerprint density at radius 1 is 1.29 bits per heavy atom. The van der Waals surface area contributed by atoms with Crippen molar-refractivity contribution in [1.82, 2.24) is 9.21 Å². The number of unbranched alkanes of at least 4 members (excludes halogenated alkanes) is 2. The first-order valence-electron chi connectivity index (χ1n) is 6.21. The molecule has 1 rings (SSSR count). The molecule has 98 valence electrons. The van der Waals surface area contributed by atoms with Crippen LogP contribution in [0.25, 0.3) is 0 Å². The topological polar surface area (TPSA) is 31.2 Å². The number of aliphatic imine (C=N–C) groups is 2. The van der Waals surface area contributed by atoms with Gasteiger partial charge >= 0.3 is 0 Å². The summed E-state index contributed by atoms with van der Waals surface area (Å²) in [4.78, 5) is 11.0. The minimum Gasteiger partial charge on any atom is -0.341 e. The van der Waals surface area contributed by atoms with Gasteiger partial charge in [0.1, 0.15) is 6.34 Å². The molecule has 0 aromatic heterocycles. The lowest BCUT2D eigenvalue weighted by molar-refractivity contribution is 0.389. The quantitative estimate of drug-likeness (QED) is 0.730. The van der Waals surface area contributed by atoms with Gasteiger partial charge in [-0.25, -0.2) is 9.98 Å². The Bertz CT molecular complexity index is 273. The third-order valence-corrected chi connectivity index (χ3v) is 3.47. The first-order chi connectivity index (χ1) is 8.19. The molecule has 0 aromatic carbocycles. The van der Waals surface area contributed by atoms with Crippen LogP contribution < -0.4 is 0 Å². The van der Waals surface area contributed by atoms with Gasteiger partial charge < -0.3 is 4.90 Å². The van der Waals surface area contributed by atoms with E-state index in [1.54, 1.807) is 10.6 Å². The molecular weight excluding hydrogens is 252 g/mol. The molecule has 1 aliphatic heterocycles. The molecule has 0 N–H and O–H groups in total. The minimum atomic E-state index is -0.239. The molecule has 1 heterocycles. The second-order valence-corrected chi connectivity index (χ2v) is 5.02. The molecule has 0 aliphatic carbocycles. The SMILES string of the molecule is CCCCN(CCCC)C1=NC(S)N(S)C=N1. The number of thiol groups is 2. The van der Waals surface area contributed by atoms with Crippen LogP contribution >= 0.6 is 25.4 Å². The van der Waals surface area contributed by atoms with E-state index in [0.29, 0.717) is 0 Å². The van der Waals surface area contributed by atoms with Crippen LogP contribution in [-0.4, -0.2) is 40.1 Å². The van der Waals surface area contributed by atoms with Crippen molar-refractivity contribution >= 4 is 37.7 Å². The Kier molecular flexibility index (Phi) is 6.80. The zero-order valence-electron chi connectivity index (χ0n) is 10.6. The molecule has 6 heteroatoms. The molecule has 0 saturated heterocycles. The van der Waals surface area contributed by atoms with Crippen LogP contribution in [0, 0.1) is 0 Å². The van der Waals surface area contributed by atoms with Crippen molar-refractivity contribution in [3.05, 3.63) is 0 Å². The maximum absolute atomic E-state index is 4.43. The number of guanidine groups is 1. The Hall–Kier alpha value is -0.360. The fourth-order valence-electron chi connectivity index (χ4n) is 1.54. The van der Waals surface area contributed by atoms with Gasteiger partial charge in [-0.2, -0.15) is 0 Å². The van der Waals surface area contributed by atoms with Crippen LogP contribution in [0.4, 0.5) is 0 Å². The van der Waals surface area contributed by atoms with Crippen LogP contribution in [0.2, 0.25) is 0 Å². The molecule has 0 fully saturated rings. The summed E-state index contributed by atoms with van der Waals surface area (Å²) in [5, 5.41) is 0. The molecule has 0 bridgehead atoms. The number of nitrogens with zero attached hydrogens (tertiary/aromatic N) is 4. The van der Waals surface area contributed by atoms with Crippen LogP contribution in [0.1, 0.15) is 39.5 Å². The molecule has 17 heavy (non-hydrogen) atoms. The summed E-state index contributed by atoms with van der Waals surface area (Å²) in [7, 11) is 0. The zero-order chi connectivity index (χ0) is 12.7. The molecule has 0 amide bonds. The van der Waals surface area contributed by atoms with E-state index in [1.807, 2.05) is 0 Å². The third-order valence-electron chi connectivity index (χ3n) is 2.61. The summed E-state index contributed by atoms with van der Waals surface area (Å²) in [5.41, 5.74) is -0.239. The average Bonchev–Trinajstić information content (AvgIpc) is 2.33.